The molecule has 50 valence electrons. The Kier molecular flexibility index (Phi) is 1.14. The van der Waals surface area contributed by atoms with E-state index < -0.39 is 0 Å². The molecule has 0 amide bonds. The van der Waals surface area contributed by atoms with E-state index in [1.165, 1.54) is 0 Å². The number of rotatable bonds is 0. The normalized spacial score (nSPS) is 10.5. The molecular formula is C7H4ClNO. The first kappa shape index (κ1) is 5.74. The number of hydrogen-bond donors (Lipinski definition) is 0. The van der Waals surface area contributed by atoms with Crippen molar-refractivity contribution in [2.24, 2.45) is 0 Å². The first-order chi connectivity index (χ1) is 4.86. The summed E-state index contributed by atoms with van der Waals surface area (Å²) in [5.74, 6) is 0. The Labute approximate surface area is 62.4 Å². The highest BCUT2D eigenvalue weighted by Crippen LogP contribution is 2.19. The summed E-state index contributed by atoms with van der Waals surface area (Å²) in [4.78, 5) is 3.95. The van der Waals surface area contributed by atoms with Crippen LogP contribution in [0.25, 0.3) is 11.1 Å². The van der Waals surface area contributed by atoms with Gasteiger partial charge in [0.2, 0.25) is 5.71 Å². The number of pyridine rings is 1. The Morgan fingerprint density at radius 1 is 1.50 bits per heavy atom. The van der Waals surface area contributed by atoms with E-state index in [2.05, 4.69) is 4.98 Å². The van der Waals surface area contributed by atoms with Gasteiger partial charge in [-0.1, -0.05) is 0 Å². The quantitative estimate of drug-likeness (QED) is 0.581. The lowest BCUT2D eigenvalue weighted by molar-refractivity contribution is 0.605. The predicted molar refractivity (Wildman–Crippen MR) is 39.0 cm³/mol. The van der Waals surface area contributed by atoms with Gasteiger partial charge in [-0.15, -0.1) is 0 Å². The van der Waals surface area contributed by atoms with Crippen LogP contribution in [0.1, 0.15) is 0 Å². The summed E-state index contributed by atoms with van der Waals surface area (Å²) in [5.41, 5.74) is 0.590. The predicted octanol–water partition coefficient (Wildman–Crippen LogP) is 2.48. The van der Waals surface area contributed by atoms with Crippen LogP contribution in [0.2, 0.25) is 5.22 Å². The third-order valence-electron chi connectivity index (χ3n) is 1.26. The van der Waals surface area contributed by atoms with E-state index in [4.69, 9.17) is 16.0 Å². The SMILES string of the molecule is Clc1cc2cccnc2o1. The van der Waals surface area contributed by atoms with Crippen LogP contribution < -0.4 is 0 Å². The summed E-state index contributed by atoms with van der Waals surface area (Å²) in [6.07, 6.45) is 1.67. The summed E-state index contributed by atoms with van der Waals surface area (Å²) >= 11 is 5.58. The van der Waals surface area contributed by atoms with Crippen molar-refractivity contribution in [2.75, 3.05) is 0 Å². The molecule has 0 saturated carbocycles. The van der Waals surface area contributed by atoms with Crippen molar-refractivity contribution >= 4 is 22.7 Å². The van der Waals surface area contributed by atoms with E-state index in [1.54, 1.807) is 12.3 Å². The molecule has 2 rings (SSSR count). The zero-order valence-corrected chi connectivity index (χ0v) is 5.80. The van der Waals surface area contributed by atoms with Crippen molar-refractivity contribution in [3.8, 4) is 0 Å². The maximum absolute atomic E-state index is 5.58. The maximum Gasteiger partial charge on any atom is 0.227 e. The van der Waals surface area contributed by atoms with Crippen molar-refractivity contribution in [3.05, 3.63) is 29.6 Å². The average molecular weight is 154 g/mol. The van der Waals surface area contributed by atoms with E-state index in [0.29, 0.717) is 10.9 Å². The molecule has 0 radical (unpaired) electrons. The van der Waals surface area contributed by atoms with Gasteiger partial charge >= 0.3 is 0 Å². The van der Waals surface area contributed by atoms with Crippen LogP contribution in [-0.4, -0.2) is 4.98 Å². The molecule has 2 aromatic heterocycles. The highest BCUT2D eigenvalue weighted by Gasteiger charge is 1.98. The second-order valence-electron chi connectivity index (χ2n) is 1.95. The van der Waals surface area contributed by atoms with E-state index in [9.17, 15) is 0 Å². The fourth-order valence-electron chi connectivity index (χ4n) is 0.842. The smallest absolute Gasteiger partial charge is 0.227 e. The fourth-order valence-corrected chi connectivity index (χ4v) is 1.03. The molecule has 2 aromatic rings. The molecule has 0 saturated heterocycles. The molecule has 0 aromatic carbocycles. The van der Waals surface area contributed by atoms with Gasteiger partial charge in [0, 0.05) is 17.6 Å². The van der Waals surface area contributed by atoms with Gasteiger partial charge in [0.15, 0.2) is 5.22 Å². The number of fused-ring (bicyclic) bond motifs is 1. The van der Waals surface area contributed by atoms with Crippen molar-refractivity contribution < 1.29 is 4.42 Å². The van der Waals surface area contributed by atoms with Gasteiger partial charge in [0.1, 0.15) is 0 Å². The Morgan fingerprint density at radius 2 is 2.40 bits per heavy atom. The maximum atomic E-state index is 5.58. The molecule has 0 unspecified atom stereocenters. The van der Waals surface area contributed by atoms with Gasteiger partial charge in [-0.25, -0.2) is 4.98 Å². The molecule has 0 aliphatic rings. The molecule has 0 spiro atoms. The lowest BCUT2D eigenvalue weighted by Crippen LogP contribution is -1.66. The van der Waals surface area contributed by atoms with Crippen LogP contribution in [0.5, 0.6) is 0 Å². The van der Waals surface area contributed by atoms with Crippen molar-refractivity contribution in [3.63, 3.8) is 0 Å². The minimum Gasteiger partial charge on any atom is -0.426 e. The second kappa shape index (κ2) is 1.99. The van der Waals surface area contributed by atoms with Crippen LogP contribution in [-0.2, 0) is 0 Å². The Balaban J connectivity index is 2.88. The molecule has 10 heavy (non-hydrogen) atoms. The zero-order chi connectivity index (χ0) is 6.97. The van der Waals surface area contributed by atoms with Crippen LogP contribution in [0, 0.1) is 0 Å². The van der Waals surface area contributed by atoms with Crippen LogP contribution in [0.4, 0.5) is 0 Å². The summed E-state index contributed by atoms with van der Waals surface area (Å²) in [6.45, 7) is 0. The van der Waals surface area contributed by atoms with E-state index in [-0.39, 0.29) is 0 Å². The monoisotopic (exact) mass is 153 g/mol. The highest BCUT2D eigenvalue weighted by atomic mass is 35.5. The molecule has 2 heterocycles. The minimum atomic E-state index is 0.383. The summed E-state index contributed by atoms with van der Waals surface area (Å²) in [7, 11) is 0. The largest absolute Gasteiger partial charge is 0.426 e. The fraction of sp³-hybridized carbons (Fsp3) is 0. The number of halogens is 1. The third kappa shape index (κ3) is 0.772. The number of furan rings is 1. The van der Waals surface area contributed by atoms with Gasteiger partial charge in [-0.05, 0) is 23.7 Å². The Morgan fingerprint density at radius 3 is 3.20 bits per heavy atom. The van der Waals surface area contributed by atoms with Crippen molar-refractivity contribution in [1.82, 2.24) is 4.98 Å². The van der Waals surface area contributed by atoms with Crippen LogP contribution in [0.15, 0.2) is 28.8 Å². The lowest BCUT2D eigenvalue weighted by Gasteiger charge is -1.80. The van der Waals surface area contributed by atoms with Gasteiger partial charge in [-0.2, -0.15) is 0 Å². The number of aromatic nitrogens is 1. The Hall–Kier alpha value is -1.02. The summed E-state index contributed by atoms with van der Waals surface area (Å²) < 4.78 is 5.02. The number of nitrogens with zero attached hydrogens (tertiary/aromatic N) is 1. The molecule has 2 nitrogen and oxygen atoms in total. The topological polar surface area (TPSA) is 26.0 Å². The highest BCUT2D eigenvalue weighted by molar-refractivity contribution is 6.29. The van der Waals surface area contributed by atoms with Crippen molar-refractivity contribution in [2.45, 2.75) is 0 Å². The first-order valence-corrected chi connectivity index (χ1v) is 3.24. The molecule has 3 heteroatoms. The molecule has 0 atom stereocenters. The Bertz CT molecular complexity index is 322. The minimum absolute atomic E-state index is 0.383. The van der Waals surface area contributed by atoms with E-state index in [0.717, 1.165) is 5.39 Å². The van der Waals surface area contributed by atoms with E-state index >= 15 is 0 Å². The number of hydrogen-bond acceptors (Lipinski definition) is 2. The zero-order valence-electron chi connectivity index (χ0n) is 5.04. The molecule has 0 bridgehead atoms. The van der Waals surface area contributed by atoms with Crippen molar-refractivity contribution in [1.29, 1.82) is 0 Å². The third-order valence-corrected chi connectivity index (χ3v) is 1.45. The second-order valence-corrected chi connectivity index (χ2v) is 2.32. The molecular weight excluding hydrogens is 150 g/mol. The summed E-state index contributed by atoms with van der Waals surface area (Å²) in [6, 6.07) is 5.48. The van der Waals surface area contributed by atoms with Gasteiger partial charge in [-0.3, -0.25) is 0 Å². The standard InChI is InChI=1S/C7H4ClNO/c8-6-4-5-2-1-3-9-7(5)10-6/h1-4H. The average Bonchev–Trinajstić information content (AvgIpc) is 2.27. The lowest BCUT2D eigenvalue weighted by atomic mass is 10.3. The van der Waals surface area contributed by atoms with Crippen LogP contribution >= 0.6 is 11.6 Å². The molecule has 0 fully saturated rings. The molecule has 0 N–H and O–H groups in total. The summed E-state index contributed by atoms with van der Waals surface area (Å²) in [5, 5.41) is 1.32. The van der Waals surface area contributed by atoms with E-state index in [1.807, 2.05) is 12.1 Å². The van der Waals surface area contributed by atoms with Crippen LogP contribution in [0.3, 0.4) is 0 Å². The van der Waals surface area contributed by atoms with Gasteiger partial charge < -0.3 is 4.42 Å². The molecule has 0 aliphatic heterocycles. The van der Waals surface area contributed by atoms with Gasteiger partial charge in [0.25, 0.3) is 0 Å². The van der Waals surface area contributed by atoms with Gasteiger partial charge in [0.05, 0.1) is 0 Å². The first-order valence-electron chi connectivity index (χ1n) is 2.86. The molecule has 0 aliphatic carbocycles.